The fourth-order valence-corrected chi connectivity index (χ4v) is 3.86. The molecule has 0 saturated carbocycles. The SMILES string of the molecule is Cc1cc(-c2nn3c(SCC(=O)c4ccc(Cl)cc4)nnc3s2)no1. The van der Waals surface area contributed by atoms with Gasteiger partial charge in [0.05, 0.1) is 5.75 Å². The Labute approximate surface area is 155 Å². The third-order valence-electron chi connectivity index (χ3n) is 3.31. The molecule has 3 aromatic heterocycles. The van der Waals surface area contributed by atoms with E-state index in [9.17, 15) is 4.79 Å². The molecule has 3 heterocycles. The van der Waals surface area contributed by atoms with Crippen LogP contribution in [0.3, 0.4) is 0 Å². The van der Waals surface area contributed by atoms with E-state index in [1.165, 1.54) is 23.1 Å². The normalized spacial score (nSPS) is 11.3. The number of aryl methyl sites for hydroxylation is 1. The van der Waals surface area contributed by atoms with Crippen LogP contribution in [0, 0.1) is 6.92 Å². The molecule has 4 rings (SSSR count). The van der Waals surface area contributed by atoms with Crippen molar-refractivity contribution in [2.24, 2.45) is 0 Å². The highest BCUT2D eigenvalue weighted by Gasteiger charge is 2.17. The molecule has 0 spiro atoms. The second kappa shape index (κ2) is 6.58. The van der Waals surface area contributed by atoms with Crippen LogP contribution in [0.5, 0.6) is 0 Å². The van der Waals surface area contributed by atoms with Crippen LogP contribution in [0.1, 0.15) is 16.1 Å². The van der Waals surface area contributed by atoms with Gasteiger partial charge in [-0.2, -0.15) is 9.61 Å². The number of rotatable bonds is 5. The molecule has 0 saturated heterocycles. The Morgan fingerprint density at radius 2 is 2.12 bits per heavy atom. The van der Waals surface area contributed by atoms with Crippen molar-refractivity contribution in [1.82, 2.24) is 25.0 Å². The number of Topliss-reactive ketones (excluding diaryl/α,β-unsaturated/α-hetero) is 1. The largest absolute Gasteiger partial charge is 0.361 e. The zero-order valence-electron chi connectivity index (χ0n) is 12.8. The van der Waals surface area contributed by atoms with E-state index in [0.29, 0.717) is 37.2 Å². The van der Waals surface area contributed by atoms with E-state index >= 15 is 0 Å². The topological polar surface area (TPSA) is 86.2 Å². The monoisotopic (exact) mass is 391 g/mol. The quantitative estimate of drug-likeness (QED) is 0.378. The van der Waals surface area contributed by atoms with Crippen molar-refractivity contribution in [3.05, 3.63) is 46.7 Å². The van der Waals surface area contributed by atoms with Gasteiger partial charge in [0.25, 0.3) is 0 Å². The van der Waals surface area contributed by atoms with E-state index in [4.69, 9.17) is 16.1 Å². The number of ketones is 1. The van der Waals surface area contributed by atoms with Crippen molar-refractivity contribution in [2.45, 2.75) is 12.1 Å². The molecule has 0 aliphatic heterocycles. The van der Waals surface area contributed by atoms with E-state index in [0.717, 1.165) is 0 Å². The summed E-state index contributed by atoms with van der Waals surface area (Å²) in [7, 11) is 0. The highest BCUT2D eigenvalue weighted by atomic mass is 35.5. The molecule has 25 heavy (non-hydrogen) atoms. The molecule has 0 N–H and O–H groups in total. The lowest BCUT2D eigenvalue weighted by Gasteiger charge is -1.99. The van der Waals surface area contributed by atoms with Crippen LogP contribution in [-0.4, -0.2) is 36.5 Å². The summed E-state index contributed by atoms with van der Waals surface area (Å²) in [5, 5.41) is 18.4. The van der Waals surface area contributed by atoms with Crippen LogP contribution >= 0.6 is 34.7 Å². The second-order valence-electron chi connectivity index (χ2n) is 5.13. The Bertz CT molecular complexity index is 1050. The first kappa shape index (κ1) is 16.2. The van der Waals surface area contributed by atoms with E-state index < -0.39 is 0 Å². The number of aromatic nitrogens is 5. The number of halogens is 1. The zero-order chi connectivity index (χ0) is 17.4. The standard InChI is InChI=1S/C15H10ClN5O2S2/c1-8-6-11(20-23-8)13-19-21-14(17-18-15(21)25-13)24-7-12(22)9-2-4-10(16)5-3-9/h2-6H,7H2,1H3. The number of hydrogen-bond acceptors (Lipinski definition) is 8. The molecule has 0 fully saturated rings. The van der Waals surface area contributed by atoms with Crippen molar-refractivity contribution in [3.63, 3.8) is 0 Å². The average molecular weight is 392 g/mol. The zero-order valence-corrected chi connectivity index (χ0v) is 15.2. The lowest BCUT2D eigenvalue weighted by molar-refractivity contribution is 0.102. The number of fused-ring (bicyclic) bond motifs is 1. The van der Waals surface area contributed by atoms with Crippen LogP contribution in [0.25, 0.3) is 15.7 Å². The molecule has 0 radical (unpaired) electrons. The summed E-state index contributed by atoms with van der Waals surface area (Å²) in [6, 6.07) is 8.61. The van der Waals surface area contributed by atoms with Gasteiger partial charge in [-0.05, 0) is 31.2 Å². The number of hydrogen-bond donors (Lipinski definition) is 0. The molecule has 4 aromatic rings. The number of carbonyl (C=O) groups is 1. The van der Waals surface area contributed by atoms with E-state index in [1.807, 2.05) is 13.0 Å². The highest BCUT2D eigenvalue weighted by Crippen LogP contribution is 2.27. The van der Waals surface area contributed by atoms with Crippen molar-refractivity contribution in [3.8, 4) is 10.7 Å². The molecular weight excluding hydrogens is 382 g/mol. The number of benzene rings is 1. The average Bonchev–Trinajstić information content (AvgIpc) is 3.29. The van der Waals surface area contributed by atoms with Crippen LogP contribution in [0.2, 0.25) is 5.02 Å². The van der Waals surface area contributed by atoms with E-state index in [-0.39, 0.29) is 11.5 Å². The molecule has 0 aliphatic carbocycles. The molecule has 126 valence electrons. The van der Waals surface area contributed by atoms with Crippen molar-refractivity contribution in [1.29, 1.82) is 0 Å². The second-order valence-corrected chi connectivity index (χ2v) is 7.46. The van der Waals surface area contributed by atoms with Crippen LogP contribution in [-0.2, 0) is 0 Å². The van der Waals surface area contributed by atoms with Gasteiger partial charge < -0.3 is 4.52 Å². The Morgan fingerprint density at radius 3 is 2.84 bits per heavy atom. The maximum Gasteiger partial charge on any atom is 0.235 e. The lowest BCUT2D eigenvalue weighted by atomic mass is 10.1. The van der Waals surface area contributed by atoms with Crippen molar-refractivity contribution < 1.29 is 9.32 Å². The molecule has 0 aliphatic rings. The molecule has 10 heteroatoms. The number of carbonyl (C=O) groups excluding carboxylic acids is 1. The molecule has 1 aromatic carbocycles. The van der Waals surface area contributed by atoms with Crippen molar-refractivity contribution >= 4 is 45.4 Å². The van der Waals surface area contributed by atoms with Gasteiger partial charge in [0, 0.05) is 16.7 Å². The third kappa shape index (κ3) is 3.30. The minimum Gasteiger partial charge on any atom is -0.361 e. The summed E-state index contributed by atoms with van der Waals surface area (Å²) in [5.74, 6) is 0.934. The maximum absolute atomic E-state index is 12.3. The number of nitrogens with zero attached hydrogens (tertiary/aromatic N) is 5. The first-order chi connectivity index (χ1) is 12.1. The van der Waals surface area contributed by atoms with Gasteiger partial charge in [0.1, 0.15) is 11.5 Å². The van der Waals surface area contributed by atoms with Crippen LogP contribution in [0.15, 0.2) is 40.0 Å². The predicted octanol–water partition coefficient (Wildman–Crippen LogP) is 3.78. The van der Waals surface area contributed by atoms with E-state index in [1.54, 1.807) is 28.8 Å². The third-order valence-corrected chi connectivity index (χ3v) is 5.40. The summed E-state index contributed by atoms with van der Waals surface area (Å²) < 4.78 is 6.69. The summed E-state index contributed by atoms with van der Waals surface area (Å²) in [5.41, 5.74) is 1.26. The first-order valence-corrected chi connectivity index (χ1v) is 9.35. The molecule has 0 bridgehead atoms. The summed E-state index contributed by atoms with van der Waals surface area (Å²) in [6.45, 7) is 1.82. The van der Waals surface area contributed by atoms with Crippen molar-refractivity contribution in [2.75, 3.05) is 5.75 Å². The highest BCUT2D eigenvalue weighted by molar-refractivity contribution is 7.99. The van der Waals surface area contributed by atoms with Gasteiger partial charge in [-0.3, -0.25) is 4.79 Å². The Kier molecular flexibility index (Phi) is 4.28. The van der Waals surface area contributed by atoms with Gasteiger partial charge in [0.15, 0.2) is 10.8 Å². The fourth-order valence-electron chi connectivity index (χ4n) is 2.11. The lowest BCUT2D eigenvalue weighted by Crippen LogP contribution is -2.03. The Hall–Kier alpha value is -2.23. The minimum absolute atomic E-state index is 0.0130. The Balaban J connectivity index is 1.52. The smallest absolute Gasteiger partial charge is 0.235 e. The molecule has 0 unspecified atom stereocenters. The maximum atomic E-state index is 12.3. The summed E-state index contributed by atoms with van der Waals surface area (Å²) >= 11 is 8.48. The van der Waals surface area contributed by atoms with Gasteiger partial charge in [-0.25, -0.2) is 0 Å². The van der Waals surface area contributed by atoms with Gasteiger partial charge in [-0.1, -0.05) is 39.9 Å². The Morgan fingerprint density at radius 1 is 1.32 bits per heavy atom. The van der Waals surface area contributed by atoms with Gasteiger partial charge in [0.2, 0.25) is 10.1 Å². The molecular formula is C15H10ClN5O2S2. The molecule has 7 nitrogen and oxygen atoms in total. The molecule has 0 atom stereocenters. The van der Waals surface area contributed by atoms with Gasteiger partial charge >= 0.3 is 0 Å². The van der Waals surface area contributed by atoms with Crippen LogP contribution < -0.4 is 0 Å². The van der Waals surface area contributed by atoms with E-state index in [2.05, 4.69) is 20.5 Å². The minimum atomic E-state index is -0.0130. The molecule has 0 amide bonds. The number of thioether (sulfide) groups is 1. The summed E-state index contributed by atoms with van der Waals surface area (Å²) in [4.78, 5) is 12.9. The first-order valence-electron chi connectivity index (χ1n) is 7.17. The van der Waals surface area contributed by atoms with Crippen LogP contribution in [0.4, 0.5) is 0 Å². The van der Waals surface area contributed by atoms with Gasteiger partial charge in [-0.15, -0.1) is 10.2 Å². The predicted molar refractivity (Wildman–Crippen MR) is 95.4 cm³/mol. The summed E-state index contributed by atoms with van der Waals surface area (Å²) in [6.07, 6.45) is 0. The fraction of sp³-hybridized carbons (Fsp3) is 0.133.